The highest BCUT2D eigenvalue weighted by Gasteiger charge is 2.55. The number of hydrogen-bond acceptors (Lipinski definition) is 0. The van der Waals surface area contributed by atoms with E-state index in [1.54, 1.807) is 0 Å². The lowest BCUT2D eigenvalue weighted by Gasteiger charge is -2.32. The van der Waals surface area contributed by atoms with Crippen LogP contribution in [0.15, 0.2) is 52.8 Å². The summed E-state index contributed by atoms with van der Waals surface area (Å²) >= 11 is 5.95. The largest absolute Gasteiger partial charge is 0.738 e. The number of fused-ring (bicyclic) bond motifs is 2. The molecule has 2 aliphatic heterocycles. The summed E-state index contributed by atoms with van der Waals surface area (Å²) in [6, 6.07) is 3.58. The highest BCUT2D eigenvalue weighted by Crippen LogP contribution is 2.46. The maximum Gasteiger partial charge on any atom is 0.738 e. The number of nitrogens with zero attached hydrogens (tertiary/aromatic N) is 2. The van der Waals surface area contributed by atoms with Crippen LogP contribution in [0.25, 0.3) is 5.57 Å². The van der Waals surface area contributed by atoms with E-state index >= 15 is 8.63 Å². The Hall–Kier alpha value is -1.89. The van der Waals surface area contributed by atoms with Gasteiger partial charge in [0.15, 0.2) is 5.70 Å². The quantitative estimate of drug-likeness (QED) is 0.272. The van der Waals surface area contributed by atoms with Crippen LogP contribution in [0.4, 0.5) is 35.0 Å². The molecular formula is C17H7BBr2F8N2. The van der Waals surface area contributed by atoms with Crippen LogP contribution >= 0.6 is 31.9 Å². The summed E-state index contributed by atoms with van der Waals surface area (Å²) in [7, 11) is 0. The molecule has 30 heavy (non-hydrogen) atoms. The zero-order valence-electron chi connectivity index (χ0n) is 14.3. The molecule has 158 valence electrons. The standard InChI is InChI=1S/C17H7BBr2F8N2/c19-13-5-3-11-15(12-4-6-14(20)30(12)18(27,28)29(11)13)9-2-1-8(16(21,22)23)7-10(9)17(24,25)26/h1-7H. The molecule has 0 N–H and O–H groups in total. The van der Waals surface area contributed by atoms with Gasteiger partial charge in [0, 0.05) is 39.3 Å². The van der Waals surface area contributed by atoms with Crippen molar-refractivity contribution in [3.05, 3.63) is 75.2 Å². The van der Waals surface area contributed by atoms with Crippen molar-refractivity contribution >= 4 is 49.0 Å². The van der Waals surface area contributed by atoms with Crippen LogP contribution in [-0.4, -0.2) is 20.6 Å². The number of halogens is 10. The van der Waals surface area contributed by atoms with Crippen molar-refractivity contribution in [2.45, 2.75) is 12.4 Å². The molecule has 1 aromatic heterocycles. The first-order valence-electron chi connectivity index (χ1n) is 8.17. The van der Waals surface area contributed by atoms with Crippen molar-refractivity contribution in [2.24, 2.45) is 0 Å². The highest BCUT2D eigenvalue weighted by atomic mass is 79.9. The second-order valence-electron chi connectivity index (χ2n) is 6.54. The molecule has 0 radical (unpaired) electrons. The average Bonchev–Trinajstić information content (AvgIpc) is 3.18. The first kappa shape index (κ1) is 21.4. The molecule has 0 saturated heterocycles. The lowest BCUT2D eigenvalue weighted by Crippen LogP contribution is -2.50. The van der Waals surface area contributed by atoms with Crippen LogP contribution in [-0.2, 0) is 12.4 Å². The number of benzene rings is 1. The average molecular weight is 562 g/mol. The molecule has 2 aromatic rings. The van der Waals surface area contributed by atoms with Gasteiger partial charge in [-0.3, -0.25) is 0 Å². The van der Waals surface area contributed by atoms with Crippen molar-refractivity contribution in [2.75, 3.05) is 0 Å². The van der Waals surface area contributed by atoms with Crippen LogP contribution < -0.4 is 0 Å². The number of aromatic nitrogens is 1. The number of rotatable bonds is 1. The Balaban J connectivity index is 2.10. The van der Waals surface area contributed by atoms with Gasteiger partial charge in [0.2, 0.25) is 4.62 Å². The number of alkyl halides is 6. The van der Waals surface area contributed by atoms with Crippen LogP contribution in [0.5, 0.6) is 0 Å². The Labute approximate surface area is 180 Å². The minimum Gasteiger partial charge on any atom is -0.389 e. The summed E-state index contributed by atoms with van der Waals surface area (Å²) < 4.78 is 111. The molecule has 3 heterocycles. The highest BCUT2D eigenvalue weighted by molar-refractivity contribution is 9.18. The van der Waals surface area contributed by atoms with E-state index in [2.05, 4.69) is 31.9 Å². The topological polar surface area (TPSA) is 7.94 Å². The first-order valence-corrected chi connectivity index (χ1v) is 9.75. The van der Waals surface area contributed by atoms with Crippen LogP contribution in [0.1, 0.15) is 22.4 Å². The second kappa shape index (κ2) is 6.55. The van der Waals surface area contributed by atoms with E-state index in [0.29, 0.717) is 21.1 Å². The second-order valence-corrected chi connectivity index (χ2v) is 8.17. The third-order valence-electron chi connectivity index (χ3n) is 4.79. The van der Waals surface area contributed by atoms with Gasteiger partial charge in [0.05, 0.1) is 21.3 Å². The van der Waals surface area contributed by atoms with Gasteiger partial charge in [-0.1, -0.05) is 6.07 Å². The zero-order valence-corrected chi connectivity index (χ0v) is 17.5. The molecule has 0 fully saturated rings. The van der Waals surface area contributed by atoms with Crippen molar-refractivity contribution < 1.29 is 39.5 Å². The molecular weight excluding hydrogens is 555 g/mol. The summed E-state index contributed by atoms with van der Waals surface area (Å²) in [4.78, 5) is 0. The van der Waals surface area contributed by atoms with E-state index in [4.69, 9.17) is 0 Å². The summed E-state index contributed by atoms with van der Waals surface area (Å²) in [6.07, 6.45) is -7.73. The van der Waals surface area contributed by atoms with E-state index in [0.717, 1.165) is 0 Å². The van der Waals surface area contributed by atoms with E-state index < -0.39 is 36.0 Å². The van der Waals surface area contributed by atoms with Crippen LogP contribution in [0.2, 0.25) is 0 Å². The van der Waals surface area contributed by atoms with Gasteiger partial charge in [-0.05, 0) is 40.2 Å². The van der Waals surface area contributed by atoms with E-state index in [-0.39, 0.29) is 32.3 Å². The van der Waals surface area contributed by atoms with Crippen molar-refractivity contribution in [3.63, 3.8) is 0 Å². The maximum absolute atomic E-state index is 15.2. The fraction of sp³-hybridized carbons (Fsp3) is 0.118. The molecule has 0 aliphatic carbocycles. The Morgan fingerprint density at radius 2 is 1.53 bits per heavy atom. The molecule has 0 saturated carbocycles. The van der Waals surface area contributed by atoms with Crippen molar-refractivity contribution in [1.82, 2.24) is 4.48 Å². The Bertz CT molecular complexity index is 1170. The summed E-state index contributed by atoms with van der Waals surface area (Å²) in [5.41, 5.74) is -4.47. The lowest BCUT2D eigenvalue weighted by atomic mass is 9.85. The zero-order chi connectivity index (χ0) is 22.2. The molecule has 4 rings (SSSR count). The summed E-state index contributed by atoms with van der Waals surface area (Å²) in [5, 5.41) is 0. The minimum absolute atomic E-state index is 0.00905. The molecule has 2 aliphatic rings. The van der Waals surface area contributed by atoms with Gasteiger partial charge in [0.1, 0.15) is 0 Å². The minimum atomic E-state index is -5.15. The molecule has 0 bridgehead atoms. The Morgan fingerprint density at radius 1 is 0.867 bits per heavy atom. The Morgan fingerprint density at radius 3 is 2.13 bits per heavy atom. The first-order chi connectivity index (χ1) is 13.7. The SMILES string of the molecule is F[B-]1(F)n2c(Br)ccc2C(c2ccc(C(F)(F)F)cc2C(F)(F)F)=C2C=CC(Br)=[N+]21. The number of hydrogen-bond donors (Lipinski definition) is 0. The monoisotopic (exact) mass is 560 g/mol. The van der Waals surface area contributed by atoms with Gasteiger partial charge in [-0.2, -0.15) is 26.3 Å². The van der Waals surface area contributed by atoms with E-state index in [1.165, 1.54) is 24.3 Å². The van der Waals surface area contributed by atoms with Crippen molar-refractivity contribution in [1.29, 1.82) is 0 Å². The molecule has 2 nitrogen and oxygen atoms in total. The number of allylic oxidation sites excluding steroid dienone is 2. The predicted molar refractivity (Wildman–Crippen MR) is 101 cm³/mol. The lowest BCUT2D eigenvalue weighted by molar-refractivity contribution is -0.358. The van der Waals surface area contributed by atoms with Gasteiger partial charge < -0.3 is 17.6 Å². The molecule has 0 unspecified atom stereocenters. The smallest absolute Gasteiger partial charge is 0.389 e. The molecule has 0 amide bonds. The van der Waals surface area contributed by atoms with Gasteiger partial charge in [0.25, 0.3) is 0 Å². The van der Waals surface area contributed by atoms with Crippen molar-refractivity contribution in [3.8, 4) is 0 Å². The van der Waals surface area contributed by atoms with Gasteiger partial charge in [-0.25, -0.2) is 0 Å². The molecule has 0 atom stereocenters. The van der Waals surface area contributed by atoms with E-state index in [1.807, 2.05) is 0 Å². The maximum atomic E-state index is 15.2. The normalized spacial score (nSPS) is 18.2. The predicted octanol–water partition coefficient (Wildman–Crippen LogP) is 6.66. The fourth-order valence-corrected chi connectivity index (χ4v) is 4.72. The van der Waals surface area contributed by atoms with Crippen LogP contribution in [0, 0.1) is 0 Å². The third kappa shape index (κ3) is 3.08. The molecule has 0 spiro atoms. The summed E-state index contributed by atoms with van der Waals surface area (Å²) in [6.45, 7) is -4.48. The Kier molecular flexibility index (Phi) is 4.66. The summed E-state index contributed by atoms with van der Waals surface area (Å²) in [5.74, 6) is 0. The van der Waals surface area contributed by atoms with Gasteiger partial charge >= 0.3 is 19.3 Å². The van der Waals surface area contributed by atoms with Gasteiger partial charge in [-0.15, -0.1) is 0 Å². The van der Waals surface area contributed by atoms with E-state index in [9.17, 15) is 26.3 Å². The van der Waals surface area contributed by atoms with Crippen LogP contribution in [0.3, 0.4) is 0 Å². The fourth-order valence-electron chi connectivity index (χ4n) is 3.58. The third-order valence-corrected chi connectivity index (χ3v) is 6.08. The molecule has 13 heteroatoms. The molecule has 1 aromatic carbocycles.